The van der Waals surface area contributed by atoms with Gasteiger partial charge in [-0.25, -0.2) is 4.98 Å². The van der Waals surface area contributed by atoms with Gasteiger partial charge in [0.2, 0.25) is 0 Å². The van der Waals surface area contributed by atoms with Crippen molar-refractivity contribution in [2.45, 2.75) is 39.3 Å². The van der Waals surface area contributed by atoms with Crippen molar-refractivity contribution in [3.05, 3.63) is 10.6 Å². The summed E-state index contributed by atoms with van der Waals surface area (Å²) in [5, 5.41) is 1.12. The molecule has 1 aliphatic carbocycles. The molecule has 15 heavy (non-hydrogen) atoms. The average molecular weight is 225 g/mol. The highest BCUT2D eigenvalue weighted by atomic mass is 32.1. The fourth-order valence-corrected chi connectivity index (χ4v) is 2.81. The number of nitrogens with two attached hydrogens (primary N) is 1. The van der Waals surface area contributed by atoms with Gasteiger partial charge in [0.1, 0.15) is 0 Å². The molecular weight excluding hydrogens is 206 g/mol. The van der Waals surface area contributed by atoms with Crippen molar-refractivity contribution in [2.24, 2.45) is 11.7 Å². The van der Waals surface area contributed by atoms with E-state index in [4.69, 9.17) is 5.73 Å². The van der Waals surface area contributed by atoms with Gasteiger partial charge in [0.05, 0.1) is 5.69 Å². The number of hydrogen-bond donors (Lipinski definition) is 1. The number of aryl methyl sites for hydroxylation is 1. The number of thiazole rings is 1. The first-order valence-corrected chi connectivity index (χ1v) is 6.34. The third-order valence-corrected chi connectivity index (χ3v) is 4.55. The first kappa shape index (κ1) is 10.9. The molecule has 1 unspecified atom stereocenters. The van der Waals surface area contributed by atoms with Crippen LogP contribution in [0.3, 0.4) is 0 Å². The summed E-state index contributed by atoms with van der Waals surface area (Å²) >= 11 is 1.73. The Hall–Kier alpha value is -0.610. The molecule has 0 saturated heterocycles. The van der Waals surface area contributed by atoms with Gasteiger partial charge in [-0.05, 0) is 32.6 Å². The van der Waals surface area contributed by atoms with E-state index in [-0.39, 0.29) is 0 Å². The summed E-state index contributed by atoms with van der Waals surface area (Å²) in [4.78, 5) is 8.09. The zero-order chi connectivity index (χ0) is 11.0. The molecule has 3 nitrogen and oxygen atoms in total. The molecule has 1 aromatic heterocycles. The van der Waals surface area contributed by atoms with Crippen LogP contribution in [-0.4, -0.2) is 18.1 Å². The second-order valence-corrected chi connectivity index (χ2v) is 5.46. The van der Waals surface area contributed by atoms with Crippen molar-refractivity contribution >= 4 is 16.5 Å². The zero-order valence-corrected chi connectivity index (χ0v) is 10.5. The van der Waals surface area contributed by atoms with Gasteiger partial charge < -0.3 is 10.6 Å². The van der Waals surface area contributed by atoms with Gasteiger partial charge in [-0.1, -0.05) is 0 Å². The van der Waals surface area contributed by atoms with Crippen molar-refractivity contribution in [1.29, 1.82) is 0 Å². The molecule has 1 atom stereocenters. The van der Waals surface area contributed by atoms with Gasteiger partial charge in [-0.2, -0.15) is 0 Å². The highest BCUT2D eigenvalue weighted by Gasteiger charge is 2.31. The van der Waals surface area contributed by atoms with Crippen LogP contribution in [0.5, 0.6) is 0 Å². The van der Waals surface area contributed by atoms with Crippen molar-refractivity contribution in [3.8, 4) is 0 Å². The Labute approximate surface area is 95.3 Å². The smallest absolute Gasteiger partial charge is 0.185 e. The van der Waals surface area contributed by atoms with Crippen LogP contribution >= 0.6 is 11.3 Å². The minimum Gasteiger partial charge on any atom is -0.348 e. The van der Waals surface area contributed by atoms with Gasteiger partial charge in [0, 0.05) is 24.5 Å². The molecule has 0 spiro atoms. The number of hydrogen-bond acceptors (Lipinski definition) is 4. The molecule has 1 aliphatic rings. The van der Waals surface area contributed by atoms with Gasteiger partial charge in [-0.15, -0.1) is 11.3 Å². The molecule has 84 valence electrons. The number of anilines is 1. The van der Waals surface area contributed by atoms with Crippen LogP contribution in [0, 0.1) is 12.8 Å². The normalized spacial score (nSPS) is 17.9. The average Bonchev–Trinajstić information content (AvgIpc) is 3.00. The minimum absolute atomic E-state index is 0.606. The van der Waals surface area contributed by atoms with Crippen LogP contribution in [0.25, 0.3) is 0 Å². The van der Waals surface area contributed by atoms with Crippen molar-refractivity contribution in [2.75, 3.05) is 11.9 Å². The van der Waals surface area contributed by atoms with Crippen LogP contribution in [0.2, 0.25) is 0 Å². The summed E-state index contributed by atoms with van der Waals surface area (Å²) in [6.45, 7) is 4.93. The highest BCUT2D eigenvalue weighted by Crippen LogP contribution is 2.37. The van der Waals surface area contributed by atoms with Crippen molar-refractivity contribution in [3.63, 3.8) is 0 Å². The topological polar surface area (TPSA) is 42.2 Å². The summed E-state index contributed by atoms with van der Waals surface area (Å²) in [5.41, 5.74) is 6.75. The van der Waals surface area contributed by atoms with E-state index in [0.717, 1.165) is 16.7 Å². The van der Waals surface area contributed by atoms with E-state index in [1.54, 1.807) is 11.3 Å². The van der Waals surface area contributed by atoms with Crippen LogP contribution in [0.1, 0.15) is 30.3 Å². The Balaban J connectivity index is 2.13. The third-order valence-electron chi connectivity index (χ3n) is 3.28. The lowest BCUT2D eigenvalue weighted by Gasteiger charge is -2.23. The van der Waals surface area contributed by atoms with Gasteiger partial charge >= 0.3 is 0 Å². The molecule has 1 fully saturated rings. The predicted octanol–water partition coefficient (Wildman–Crippen LogP) is 2.14. The van der Waals surface area contributed by atoms with E-state index in [1.165, 1.54) is 17.7 Å². The van der Waals surface area contributed by atoms with Crippen molar-refractivity contribution in [1.82, 2.24) is 4.98 Å². The Morgan fingerprint density at radius 3 is 2.73 bits per heavy atom. The van der Waals surface area contributed by atoms with Crippen LogP contribution < -0.4 is 10.6 Å². The maximum Gasteiger partial charge on any atom is 0.185 e. The first-order chi connectivity index (χ1) is 7.13. The van der Waals surface area contributed by atoms with E-state index in [2.05, 4.69) is 23.9 Å². The lowest BCUT2D eigenvalue weighted by molar-refractivity contribution is 0.608. The summed E-state index contributed by atoms with van der Waals surface area (Å²) in [6.07, 6.45) is 2.75. The maximum atomic E-state index is 5.66. The Bertz CT molecular complexity index is 344. The fraction of sp³-hybridized carbons (Fsp3) is 0.727. The second-order valence-electron chi connectivity index (χ2n) is 4.40. The molecule has 1 aromatic rings. The fourth-order valence-electron chi connectivity index (χ4n) is 1.82. The van der Waals surface area contributed by atoms with E-state index >= 15 is 0 Å². The number of rotatable bonds is 4. The molecule has 2 rings (SSSR count). The third kappa shape index (κ3) is 2.16. The number of nitrogens with zero attached hydrogens (tertiary/aromatic N) is 2. The summed E-state index contributed by atoms with van der Waals surface area (Å²) in [6, 6.07) is 0.612. The lowest BCUT2D eigenvalue weighted by atomic mass is 10.2. The molecule has 0 aliphatic heterocycles. The summed E-state index contributed by atoms with van der Waals surface area (Å²) in [5.74, 6) is 0.875. The summed E-state index contributed by atoms with van der Waals surface area (Å²) in [7, 11) is 2.14. The van der Waals surface area contributed by atoms with E-state index in [9.17, 15) is 0 Å². The molecule has 1 saturated carbocycles. The first-order valence-electron chi connectivity index (χ1n) is 5.52. The van der Waals surface area contributed by atoms with Crippen LogP contribution in [0.15, 0.2) is 0 Å². The Morgan fingerprint density at radius 2 is 2.27 bits per heavy atom. The molecule has 2 N–H and O–H groups in total. The van der Waals surface area contributed by atoms with Gasteiger partial charge in [0.15, 0.2) is 5.13 Å². The molecule has 4 heteroatoms. The molecule has 0 aromatic carbocycles. The standard InChI is InChI=1S/C11H19N3S/c1-7-10(6-12)15-11(13-7)14(3)8(2)9-4-5-9/h8-9H,4-6,12H2,1-3H3. The summed E-state index contributed by atoms with van der Waals surface area (Å²) < 4.78 is 0. The zero-order valence-electron chi connectivity index (χ0n) is 9.66. The molecule has 0 radical (unpaired) electrons. The molecule has 1 heterocycles. The number of aromatic nitrogens is 1. The van der Waals surface area contributed by atoms with E-state index in [1.807, 2.05) is 6.92 Å². The van der Waals surface area contributed by atoms with E-state index in [0.29, 0.717) is 12.6 Å². The molecule has 0 bridgehead atoms. The second kappa shape index (κ2) is 4.10. The van der Waals surface area contributed by atoms with Crippen LogP contribution in [0.4, 0.5) is 5.13 Å². The molecular formula is C11H19N3S. The Kier molecular flexibility index (Phi) is 2.98. The lowest BCUT2D eigenvalue weighted by Crippen LogP contribution is -2.30. The van der Waals surface area contributed by atoms with Gasteiger partial charge in [-0.3, -0.25) is 0 Å². The monoisotopic (exact) mass is 225 g/mol. The molecule has 0 amide bonds. The van der Waals surface area contributed by atoms with Crippen molar-refractivity contribution < 1.29 is 0 Å². The quantitative estimate of drug-likeness (QED) is 0.853. The largest absolute Gasteiger partial charge is 0.348 e. The maximum absolute atomic E-state index is 5.66. The minimum atomic E-state index is 0.606. The highest BCUT2D eigenvalue weighted by molar-refractivity contribution is 7.15. The SMILES string of the molecule is Cc1nc(N(C)C(C)C2CC2)sc1CN. The van der Waals surface area contributed by atoms with Gasteiger partial charge in [0.25, 0.3) is 0 Å². The van der Waals surface area contributed by atoms with E-state index < -0.39 is 0 Å². The Morgan fingerprint density at radius 1 is 1.60 bits per heavy atom. The van der Waals surface area contributed by atoms with Crippen LogP contribution in [-0.2, 0) is 6.54 Å². The predicted molar refractivity (Wildman–Crippen MR) is 65.3 cm³/mol.